The van der Waals surface area contributed by atoms with Crippen molar-refractivity contribution in [2.45, 2.75) is 6.92 Å². The number of phenols is 1. The lowest BCUT2D eigenvalue weighted by atomic mass is 10.1. The molecule has 8 nitrogen and oxygen atoms in total. The molecule has 0 unspecified atom stereocenters. The summed E-state index contributed by atoms with van der Waals surface area (Å²) in [4.78, 5) is 36.5. The van der Waals surface area contributed by atoms with E-state index in [1.54, 1.807) is 19.1 Å². The monoisotopic (exact) mass is 382 g/mol. The van der Waals surface area contributed by atoms with Crippen molar-refractivity contribution in [1.82, 2.24) is 5.43 Å². The highest BCUT2D eigenvalue weighted by Crippen LogP contribution is 2.29. The zero-order valence-corrected chi connectivity index (χ0v) is 15.3. The van der Waals surface area contributed by atoms with Gasteiger partial charge in [-0.2, -0.15) is 0 Å². The fourth-order valence-corrected chi connectivity index (χ4v) is 2.66. The number of rotatable bonds is 5. The molecule has 1 fully saturated rings. The molecule has 144 valence electrons. The Labute approximate surface area is 160 Å². The molecule has 2 aromatic rings. The van der Waals surface area contributed by atoms with Crippen LogP contribution in [0.1, 0.15) is 22.8 Å². The second-order valence-electron chi connectivity index (χ2n) is 5.84. The van der Waals surface area contributed by atoms with Crippen LogP contribution in [0.15, 0.2) is 48.0 Å². The number of esters is 1. The van der Waals surface area contributed by atoms with Crippen LogP contribution in [0.5, 0.6) is 11.5 Å². The SMILES string of the molecule is CCOc1cc(/C=C2/C(=O)NN(c3ccc(C(=O)OC)cc3)C2=O)ccc1O. The molecule has 2 aromatic carbocycles. The van der Waals surface area contributed by atoms with Crippen LogP contribution in [0.4, 0.5) is 5.69 Å². The number of carbonyl (C=O) groups is 3. The van der Waals surface area contributed by atoms with Gasteiger partial charge in [-0.3, -0.25) is 15.0 Å². The summed E-state index contributed by atoms with van der Waals surface area (Å²) in [7, 11) is 1.28. The number of hydrogen-bond acceptors (Lipinski definition) is 6. The first-order valence-corrected chi connectivity index (χ1v) is 8.46. The first kappa shape index (κ1) is 19.0. The number of aromatic hydroxyl groups is 1. The standard InChI is InChI=1S/C20H18N2O6/c1-3-28-17-11-12(4-9-16(17)23)10-15-18(24)21-22(19(15)25)14-7-5-13(6-8-14)20(26)27-2/h4-11,23H,3H2,1-2H3,(H,21,24)/b15-10-. The Balaban J connectivity index is 1.86. The van der Waals surface area contributed by atoms with Crippen LogP contribution >= 0.6 is 0 Å². The van der Waals surface area contributed by atoms with E-state index in [0.29, 0.717) is 23.4 Å². The maximum atomic E-state index is 12.7. The summed E-state index contributed by atoms with van der Waals surface area (Å²) in [6.45, 7) is 2.14. The van der Waals surface area contributed by atoms with E-state index in [0.717, 1.165) is 5.01 Å². The van der Waals surface area contributed by atoms with Crippen molar-refractivity contribution < 1.29 is 29.0 Å². The van der Waals surface area contributed by atoms with E-state index < -0.39 is 17.8 Å². The molecule has 0 spiro atoms. The van der Waals surface area contributed by atoms with Gasteiger partial charge in [0, 0.05) is 0 Å². The lowest BCUT2D eigenvalue weighted by Gasteiger charge is -2.14. The zero-order valence-electron chi connectivity index (χ0n) is 15.3. The molecule has 0 aromatic heterocycles. The van der Waals surface area contributed by atoms with E-state index in [4.69, 9.17) is 4.74 Å². The molecular formula is C20H18N2O6. The highest BCUT2D eigenvalue weighted by molar-refractivity contribution is 6.31. The minimum atomic E-state index is -0.562. The molecule has 28 heavy (non-hydrogen) atoms. The number of hydrogen-bond donors (Lipinski definition) is 2. The molecule has 1 saturated heterocycles. The number of benzene rings is 2. The van der Waals surface area contributed by atoms with Crippen LogP contribution in [0.3, 0.4) is 0 Å². The molecule has 0 atom stereocenters. The molecule has 1 aliphatic rings. The Morgan fingerprint density at radius 1 is 1.18 bits per heavy atom. The van der Waals surface area contributed by atoms with Crippen molar-refractivity contribution >= 4 is 29.5 Å². The molecule has 3 rings (SSSR count). The molecule has 8 heteroatoms. The summed E-state index contributed by atoms with van der Waals surface area (Å²) in [6, 6.07) is 10.6. The lowest BCUT2D eigenvalue weighted by molar-refractivity contribution is -0.117. The Morgan fingerprint density at radius 3 is 2.54 bits per heavy atom. The topological polar surface area (TPSA) is 105 Å². The largest absolute Gasteiger partial charge is 0.504 e. The summed E-state index contributed by atoms with van der Waals surface area (Å²) in [6.07, 6.45) is 1.42. The van der Waals surface area contributed by atoms with E-state index >= 15 is 0 Å². The predicted molar refractivity (Wildman–Crippen MR) is 101 cm³/mol. The van der Waals surface area contributed by atoms with Gasteiger partial charge in [0.05, 0.1) is 25.0 Å². The Hall–Kier alpha value is -3.81. The minimum Gasteiger partial charge on any atom is -0.504 e. The normalized spacial score (nSPS) is 14.9. The summed E-state index contributed by atoms with van der Waals surface area (Å²) in [5.74, 6) is -1.37. The summed E-state index contributed by atoms with van der Waals surface area (Å²) >= 11 is 0. The average molecular weight is 382 g/mol. The Morgan fingerprint density at radius 2 is 1.89 bits per heavy atom. The van der Waals surface area contributed by atoms with Gasteiger partial charge >= 0.3 is 5.97 Å². The molecule has 2 N–H and O–H groups in total. The first-order chi connectivity index (χ1) is 13.4. The molecule has 0 aliphatic carbocycles. The van der Waals surface area contributed by atoms with Gasteiger partial charge in [-0.1, -0.05) is 6.07 Å². The van der Waals surface area contributed by atoms with Gasteiger partial charge in [-0.25, -0.2) is 9.80 Å². The second-order valence-corrected chi connectivity index (χ2v) is 5.84. The first-order valence-electron chi connectivity index (χ1n) is 8.46. The number of carbonyl (C=O) groups excluding carboxylic acids is 3. The van der Waals surface area contributed by atoms with E-state index in [9.17, 15) is 19.5 Å². The van der Waals surface area contributed by atoms with Gasteiger partial charge in [0.1, 0.15) is 5.57 Å². The number of nitrogens with zero attached hydrogens (tertiary/aromatic N) is 1. The van der Waals surface area contributed by atoms with Gasteiger partial charge in [0.25, 0.3) is 11.8 Å². The molecule has 2 amide bonds. The number of amides is 2. The zero-order chi connectivity index (χ0) is 20.3. The summed E-state index contributed by atoms with van der Waals surface area (Å²) in [5, 5.41) is 10.9. The molecule has 0 radical (unpaired) electrons. The van der Waals surface area contributed by atoms with Crippen LogP contribution in [-0.4, -0.2) is 36.6 Å². The van der Waals surface area contributed by atoms with Crippen molar-refractivity contribution in [2.24, 2.45) is 0 Å². The van der Waals surface area contributed by atoms with Crippen molar-refractivity contribution in [1.29, 1.82) is 0 Å². The maximum absolute atomic E-state index is 12.7. The lowest BCUT2D eigenvalue weighted by Crippen LogP contribution is -2.35. The average Bonchev–Trinajstić information content (AvgIpc) is 2.98. The third-order valence-electron chi connectivity index (χ3n) is 4.03. The van der Waals surface area contributed by atoms with Gasteiger partial charge in [0.15, 0.2) is 11.5 Å². The number of methoxy groups -OCH3 is 1. The Bertz CT molecular complexity index is 965. The quantitative estimate of drug-likeness (QED) is 0.466. The van der Waals surface area contributed by atoms with Crippen LogP contribution < -0.4 is 15.2 Å². The van der Waals surface area contributed by atoms with Crippen molar-refractivity contribution in [3.63, 3.8) is 0 Å². The fraction of sp³-hybridized carbons (Fsp3) is 0.150. The third kappa shape index (κ3) is 3.66. The molecule has 1 aliphatic heterocycles. The van der Waals surface area contributed by atoms with Crippen molar-refractivity contribution in [2.75, 3.05) is 18.7 Å². The van der Waals surface area contributed by atoms with E-state index in [1.165, 1.54) is 43.5 Å². The summed E-state index contributed by atoms with van der Waals surface area (Å²) in [5.41, 5.74) is 3.67. The van der Waals surface area contributed by atoms with Gasteiger partial charge < -0.3 is 14.6 Å². The van der Waals surface area contributed by atoms with Gasteiger partial charge in [0.2, 0.25) is 0 Å². The molecule has 0 saturated carbocycles. The number of nitrogens with one attached hydrogen (secondary N) is 1. The molecule has 1 heterocycles. The van der Waals surface area contributed by atoms with Crippen molar-refractivity contribution in [3.8, 4) is 11.5 Å². The number of ether oxygens (including phenoxy) is 2. The van der Waals surface area contributed by atoms with E-state index in [1.807, 2.05) is 0 Å². The van der Waals surface area contributed by atoms with Gasteiger partial charge in [-0.15, -0.1) is 0 Å². The fourth-order valence-electron chi connectivity index (χ4n) is 2.66. The summed E-state index contributed by atoms with van der Waals surface area (Å²) < 4.78 is 9.94. The third-order valence-corrected chi connectivity index (χ3v) is 4.03. The molecule has 0 bridgehead atoms. The maximum Gasteiger partial charge on any atom is 0.337 e. The molecular weight excluding hydrogens is 364 g/mol. The van der Waals surface area contributed by atoms with Crippen LogP contribution in [0.2, 0.25) is 0 Å². The van der Waals surface area contributed by atoms with Gasteiger partial charge in [-0.05, 0) is 55.0 Å². The van der Waals surface area contributed by atoms with Crippen molar-refractivity contribution in [3.05, 3.63) is 59.2 Å². The Kier molecular flexibility index (Phi) is 5.30. The minimum absolute atomic E-state index is 0.0291. The van der Waals surface area contributed by atoms with Crippen LogP contribution in [0.25, 0.3) is 6.08 Å². The van der Waals surface area contributed by atoms with Crippen LogP contribution in [-0.2, 0) is 14.3 Å². The smallest absolute Gasteiger partial charge is 0.337 e. The highest BCUT2D eigenvalue weighted by atomic mass is 16.5. The second kappa shape index (κ2) is 7.83. The van der Waals surface area contributed by atoms with E-state index in [-0.39, 0.29) is 17.1 Å². The number of anilines is 1. The highest BCUT2D eigenvalue weighted by Gasteiger charge is 2.34. The van der Waals surface area contributed by atoms with Crippen LogP contribution in [0, 0.1) is 0 Å². The van der Waals surface area contributed by atoms with E-state index in [2.05, 4.69) is 10.2 Å². The number of phenolic OH excluding ortho intramolecular Hbond substituents is 1. The predicted octanol–water partition coefficient (Wildman–Crippen LogP) is 2.04. The number of hydrazine groups is 1.